The predicted octanol–water partition coefficient (Wildman–Crippen LogP) is -2.40. The van der Waals surface area contributed by atoms with E-state index in [1.54, 1.807) is 6.08 Å². The van der Waals surface area contributed by atoms with Gasteiger partial charge in [-0.1, -0.05) is 0 Å². The first-order valence-corrected chi connectivity index (χ1v) is 3.03. The molecule has 0 heterocycles. The number of Topliss-reactive ketones (excluding diaryl/α,β-unsaturated/α-hetero) is 1. The highest BCUT2D eigenvalue weighted by Gasteiger charge is 2.33. The molecule has 2 aliphatic carbocycles. The Bertz CT molecular complexity index is 365. The lowest BCUT2D eigenvalue weighted by atomic mass is 10.2. The SMILES string of the molecule is O=C1C2=CC([N+](=O)[O-])=C1C=C2.[Cl-]. The molecule has 0 saturated carbocycles. The van der Waals surface area contributed by atoms with Crippen LogP contribution in [-0.4, -0.2) is 10.7 Å². The van der Waals surface area contributed by atoms with Gasteiger partial charge in [-0.15, -0.1) is 0 Å². The number of hydrogen-bond donors (Lipinski definition) is 0. The molecule has 4 nitrogen and oxygen atoms in total. The molecule has 62 valence electrons. The molecule has 0 radical (unpaired) electrons. The van der Waals surface area contributed by atoms with Crippen molar-refractivity contribution >= 4 is 5.78 Å². The lowest BCUT2D eigenvalue weighted by Gasteiger charge is -1.88. The molecule has 0 amide bonds. The molecule has 0 unspecified atom stereocenters. The number of hydrogen-bond acceptors (Lipinski definition) is 3. The number of rotatable bonds is 1. The Morgan fingerprint density at radius 3 is 2.25 bits per heavy atom. The van der Waals surface area contributed by atoms with Crippen LogP contribution in [0.1, 0.15) is 0 Å². The number of halogens is 1. The highest BCUT2D eigenvalue weighted by molar-refractivity contribution is 6.18. The second kappa shape index (κ2) is 2.57. The molecular formula is C7H3ClNO3-. The fourth-order valence-electron chi connectivity index (χ4n) is 1.17. The Hall–Kier alpha value is -1.42. The van der Waals surface area contributed by atoms with Crippen molar-refractivity contribution in [2.75, 3.05) is 0 Å². The molecule has 0 aliphatic heterocycles. The number of nitro groups is 1. The third-order valence-corrected chi connectivity index (χ3v) is 1.70. The first-order chi connectivity index (χ1) is 5.20. The molecule has 2 rings (SSSR count). The van der Waals surface area contributed by atoms with Gasteiger partial charge in [0, 0.05) is 11.6 Å². The van der Waals surface area contributed by atoms with E-state index in [1.165, 1.54) is 12.2 Å². The number of carbonyl (C=O) groups is 1. The number of allylic oxidation sites excluding steroid dienone is 5. The molecule has 0 N–H and O–H groups in total. The van der Waals surface area contributed by atoms with Crippen molar-refractivity contribution in [2.45, 2.75) is 0 Å². The minimum absolute atomic E-state index is 0. The molecule has 0 aromatic rings. The summed E-state index contributed by atoms with van der Waals surface area (Å²) in [5.74, 6) is -0.225. The van der Waals surface area contributed by atoms with E-state index in [4.69, 9.17) is 0 Å². The van der Waals surface area contributed by atoms with Crippen LogP contribution in [0.2, 0.25) is 0 Å². The molecule has 0 fully saturated rings. The topological polar surface area (TPSA) is 60.2 Å². The van der Waals surface area contributed by atoms with Crippen molar-refractivity contribution in [2.24, 2.45) is 0 Å². The van der Waals surface area contributed by atoms with E-state index in [0.29, 0.717) is 5.57 Å². The Morgan fingerprint density at radius 1 is 1.33 bits per heavy atom. The number of nitrogens with zero attached hydrogens (tertiary/aromatic N) is 1. The Labute approximate surface area is 73.8 Å². The van der Waals surface area contributed by atoms with Crippen LogP contribution in [0.4, 0.5) is 0 Å². The Morgan fingerprint density at radius 2 is 2.00 bits per heavy atom. The molecule has 0 aromatic carbocycles. The minimum atomic E-state index is -0.538. The van der Waals surface area contributed by atoms with Gasteiger partial charge in [0.1, 0.15) is 5.57 Å². The van der Waals surface area contributed by atoms with Crippen molar-refractivity contribution in [1.29, 1.82) is 0 Å². The highest BCUT2D eigenvalue weighted by atomic mass is 35.5. The van der Waals surface area contributed by atoms with Crippen molar-refractivity contribution in [3.8, 4) is 0 Å². The fourth-order valence-corrected chi connectivity index (χ4v) is 1.17. The van der Waals surface area contributed by atoms with E-state index < -0.39 is 4.92 Å². The van der Waals surface area contributed by atoms with E-state index in [9.17, 15) is 14.9 Å². The van der Waals surface area contributed by atoms with Crippen LogP contribution < -0.4 is 12.4 Å². The zero-order valence-corrected chi connectivity index (χ0v) is 6.54. The summed E-state index contributed by atoms with van der Waals surface area (Å²) in [5, 5.41) is 10.3. The highest BCUT2D eigenvalue weighted by Crippen LogP contribution is 2.29. The van der Waals surface area contributed by atoms with Crippen LogP contribution in [0, 0.1) is 10.1 Å². The van der Waals surface area contributed by atoms with Gasteiger partial charge in [0.15, 0.2) is 5.78 Å². The summed E-state index contributed by atoms with van der Waals surface area (Å²) >= 11 is 0. The monoisotopic (exact) mass is 184 g/mol. The van der Waals surface area contributed by atoms with Gasteiger partial charge in [-0.25, -0.2) is 0 Å². The van der Waals surface area contributed by atoms with E-state index in [-0.39, 0.29) is 29.5 Å². The standard InChI is InChI=1S/C7H3NO3.ClH/c9-7-4-1-2-5(7)6(3-4)8(10)11;/h1-3H;1H/p-1. The van der Waals surface area contributed by atoms with Gasteiger partial charge in [0.25, 0.3) is 5.70 Å². The van der Waals surface area contributed by atoms with Gasteiger partial charge < -0.3 is 12.4 Å². The number of ketones is 1. The van der Waals surface area contributed by atoms with Gasteiger partial charge in [-0.2, -0.15) is 0 Å². The second-order valence-corrected chi connectivity index (χ2v) is 2.32. The van der Waals surface area contributed by atoms with Crippen LogP contribution in [0.3, 0.4) is 0 Å². The van der Waals surface area contributed by atoms with E-state index in [0.717, 1.165) is 0 Å². The molecule has 2 bridgehead atoms. The summed E-state index contributed by atoms with van der Waals surface area (Å²) in [4.78, 5) is 20.7. The van der Waals surface area contributed by atoms with Gasteiger partial charge in [-0.3, -0.25) is 14.9 Å². The lowest BCUT2D eigenvalue weighted by molar-refractivity contribution is -0.419. The van der Waals surface area contributed by atoms with Crippen LogP contribution in [0.5, 0.6) is 0 Å². The maximum Gasteiger partial charge on any atom is 0.281 e. The Balaban J connectivity index is 0.000000720. The summed E-state index contributed by atoms with van der Waals surface area (Å²) in [7, 11) is 0. The summed E-state index contributed by atoms with van der Waals surface area (Å²) < 4.78 is 0. The van der Waals surface area contributed by atoms with Crippen molar-refractivity contribution in [3.05, 3.63) is 45.2 Å². The molecule has 2 aliphatic rings. The van der Waals surface area contributed by atoms with E-state index in [2.05, 4.69) is 0 Å². The number of carbonyl (C=O) groups excluding carboxylic acids is 1. The molecule has 12 heavy (non-hydrogen) atoms. The summed E-state index contributed by atoms with van der Waals surface area (Å²) in [6, 6.07) is 0. The van der Waals surface area contributed by atoms with Crippen LogP contribution in [0.25, 0.3) is 0 Å². The molecule has 0 aromatic heterocycles. The zero-order valence-electron chi connectivity index (χ0n) is 5.78. The van der Waals surface area contributed by atoms with Crippen LogP contribution in [-0.2, 0) is 4.79 Å². The summed E-state index contributed by atoms with van der Waals surface area (Å²) in [5.41, 5.74) is 0.559. The van der Waals surface area contributed by atoms with Gasteiger partial charge in [-0.05, 0) is 12.2 Å². The zero-order chi connectivity index (χ0) is 8.01. The summed E-state index contributed by atoms with van der Waals surface area (Å²) in [6.07, 6.45) is 4.37. The smallest absolute Gasteiger partial charge is 0.281 e. The number of fused-ring (bicyclic) bond motifs is 2. The lowest BCUT2D eigenvalue weighted by Crippen LogP contribution is -3.00. The molecule has 0 atom stereocenters. The van der Waals surface area contributed by atoms with Crippen molar-refractivity contribution in [1.82, 2.24) is 0 Å². The van der Waals surface area contributed by atoms with Gasteiger partial charge >= 0.3 is 0 Å². The van der Waals surface area contributed by atoms with Gasteiger partial charge in [0.05, 0.1) is 4.92 Å². The Kier molecular flexibility index (Phi) is 1.85. The molecule has 0 saturated heterocycles. The van der Waals surface area contributed by atoms with E-state index in [1.807, 2.05) is 0 Å². The minimum Gasteiger partial charge on any atom is -1.00 e. The van der Waals surface area contributed by atoms with Crippen LogP contribution in [0.15, 0.2) is 35.1 Å². The maximum absolute atomic E-state index is 11.0. The molecule has 0 spiro atoms. The van der Waals surface area contributed by atoms with Crippen molar-refractivity contribution in [3.63, 3.8) is 0 Å². The average molecular weight is 185 g/mol. The predicted molar refractivity (Wildman–Crippen MR) is 36.3 cm³/mol. The summed E-state index contributed by atoms with van der Waals surface area (Å²) in [6.45, 7) is 0. The van der Waals surface area contributed by atoms with E-state index >= 15 is 0 Å². The first kappa shape index (κ1) is 8.67. The first-order valence-electron chi connectivity index (χ1n) is 3.03. The maximum atomic E-state index is 11.0. The average Bonchev–Trinajstić information content (AvgIpc) is 2.46. The molecule has 5 heteroatoms. The quantitative estimate of drug-likeness (QED) is 0.337. The van der Waals surface area contributed by atoms with Crippen molar-refractivity contribution < 1.29 is 22.1 Å². The largest absolute Gasteiger partial charge is 1.00 e. The molecular weight excluding hydrogens is 182 g/mol. The van der Waals surface area contributed by atoms with Gasteiger partial charge in [0.2, 0.25) is 0 Å². The normalized spacial score (nSPS) is 18.0. The second-order valence-electron chi connectivity index (χ2n) is 2.32. The third kappa shape index (κ3) is 0.887. The fraction of sp³-hybridized carbons (Fsp3) is 0. The third-order valence-electron chi connectivity index (χ3n) is 1.70. The van der Waals surface area contributed by atoms with Crippen LogP contribution >= 0.6 is 0 Å².